The molecule has 1 amide bonds. The minimum absolute atomic E-state index is 0.124. The van der Waals surface area contributed by atoms with Gasteiger partial charge in [0, 0.05) is 5.56 Å². The molecular formula is C21H26N2O5. The van der Waals surface area contributed by atoms with Gasteiger partial charge in [0.05, 0.1) is 27.0 Å². The lowest BCUT2D eigenvalue weighted by Gasteiger charge is -2.16. The van der Waals surface area contributed by atoms with E-state index in [1.807, 2.05) is 24.3 Å². The number of ether oxygens (including phenoxy) is 4. The van der Waals surface area contributed by atoms with Crippen molar-refractivity contribution in [2.24, 2.45) is 0 Å². The number of rotatable bonds is 10. The lowest BCUT2D eigenvalue weighted by atomic mass is 10.1. The van der Waals surface area contributed by atoms with Crippen LogP contribution in [0.2, 0.25) is 0 Å². The molecule has 0 saturated carbocycles. The fourth-order valence-electron chi connectivity index (χ4n) is 2.48. The average molecular weight is 386 g/mol. The number of carbonyl (C=O) groups is 1. The highest BCUT2D eigenvalue weighted by Crippen LogP contribution is 2.39. The Labute approximate surface area is 165 Å². The predicted molar refractivity (Wildman–Crippen MR) is 108 cm³/mol. The van der Waals surface area contributed by atoms with Crippen LogP contribution in [0.3, 0.4) is 0 Å². The van der Waals surface area contributed by atoms with Gasteiger partial charge in [0.15, 0.2) is 18.1 Å². The first-order chi connectivity index (χ1) is 13.5. The van der Waals surface area contributed by atoms with Gasteiger partial charge in [-0.1, -0.05) is 25.6 Å². The third-order valence-corrected chi connectivity index (χ3v) is 4.07. The minimum atomic E-state index is -0.340. The summed E-state index contributed by atoms with van der Waals surface area (Å²) in [5.74, 6) is 1.76. The van der Waals surface area contributed by atoms with Gasteiger partial charge in [-0.3, -0.25) is 15.6 Å². The van der Waals surface area contributed by atoms with E-state index in [0.29, 0.717) is 34.3 Å². The Kier molecular flexibility index (Phi) is 7.56. The van der Waals surface area contributed by atoms with E-state index >= 15 is 0 Å². The first-order valence-corrected chi connectivity index (χ1v) is 8.78. The molecule has 2 aromatic carbocycles. The summed E-state index contributed by atoms with van der Waals surface area (Å²) in [7, 11) is 4.59. The molecule has 0 aromatic heterocycles. The van der Waals surface area contributed by atoms with Gasteiger partial charge in [0.2, 0.25) is 5.75 Å². The molecule has 0 unspecified atom stereocenters. The Balaban J connectivity index is 1.92. The summed E-state index contributed by atoms with van der Waals surface area (Å²) in [5, 5.41) is 0. The van der Waals surface area contributed by atoms with E-state index in [9.17, 15) is 4.79 Å². The molecule has 0 bridgehead atoms. The van der Waals surface area contributed by atoms with E-state index in [-0.39, 0.29) is 12.5 Å². The van der Waals surface area contributed by atoms with Gasteiger partial charge in [-0.05, 0) is 36.2 Å². The van der Waals surface area contributed by atoms with Gasteiger partial charge in [-0.25, -0.2) is 0 Å². The van der Waals surface area contributed by atoms with E-state index in [2.05, 4.69) is 24.4 Å². The van der Waals surface area contributed by atoms with Crippen LogP contribution in [0.4, 0.5) is 0 Å². The van der Waals surface area contributed by atoms with Gasteiger partial charge < -0.3 is 18.9 Å². The number of hydrazine groups is 1. The van der Waals surface area contributed by atoms with Crippen LogP contribution in [0.1, 0.15) is 18.1 Å². The molecule has 0 aliphatic heterocycles. The van der Waals surface area contributed by atoms with Crippen molar-refractivity contribution in [3.8, 4) is 23.0 Å². The standard InChI is InChI=1S/C21H26N2O5/c1-6-15-7-9-17(10-8-15)28-13-20(24)23-22-14(2)16-11-18(25-3)21(27-5)19(12-16)26-4/h7-12,22H,2,6,13H2,1,3-5H3,(H,23,24). The van der Waals surface area contributed by atoms with Crippen LogP contribution < -0.4 is 29.8 Å². The van der Waals surface area contributed by atoms with Crippen LogP contribution in [0.5, 0.6) is 23.0 Å². The smallest absolute Gasteiger partial charge is 0.276 e. The second-order valence-electron chi connectivity index (χ2n) is 5.85. The zero-order chi connectivity index (χ0) is 20.5. The van der Waals surface area contributed by atoms with Crippen LogP contribution in [-0.2, 0) is 11.2 Å². The molecule has 0 atom stereocenters. The van der Waals surface area contributed by atoms with Gasteiger partial charge in [-0.2, -0.15) is 0 Å². The van der Waals surface area contributed by atoms with Crippen LogP contribution in [0.15, 0.2) is 43.0 Å². The SMILES string of the molecule is C=C(NNC(=O)COc1ccc(CC)cc1)c1cc(OC)c(OC)c(OC)c1. The van der Waals surface area contributed by atoms with E-state index in [4.69, 9.17) is 18.9 Å². The molecule has 0 spiro atoms. The summed E-state index contributed by atoms with van der Waals surface area (Å²) < 4.78 is 21.4. The number of methoxy groups -OCH3 is 3. The van der Waals surface area contributed by atoms with E-state index in [1.54, 1.807) is 12.1 Å². The number of hydrogen-bond donors (Lipinski definition) is 2. The topological polar surface area (TPSA) is 78.1 Å². The molecule has 0 heterocycles. The summed E-state index contributed by atoms with van der Waals surface area (Å²) in [6, 6.07) is 11.1. The summed E-state index contributed by atoms with van der Waals surface area (Å²) in [5.41, 5.74) is 7.66. The third-order valence-electron chi connectivity index (χ3n) is 4.07. The third kappa shape index (κ3) is 5.33. The van der Waals surface area contributed by atoms with Crippen molar-refractivity contribution in [1.82, 2.24) is 10.9 Å². The van der Waals surface area contributed by atoms with Crippen molar-refractivity contribution in [1.29, 1.82) is 0 Å². The molecule has 28 heavy (non-hydrogen) atoms. The molecule has 0 aliphatic rings. The van der Waals surface area contributed by atoms with Crippen molar-refractivity contribution >= 4 is 11.6 Å². The zero-order valence-electron chi connectivity index (χ0n) is 16.6. The molecule has 0 saturated heterocycles. The number of benzene rings is 2. The normalized spacial score (nSPS) is 10.0. The monoisotopic (exact) mass is 386 g/mol. The highest BCUT2D eigenvalue weighted by molar-refractivity contribution is 5.79. The van der Waals surface area contributed by atoms with Gasteiger partial charge in [-0.15, -0.1) is 0 Å². The Bertz CT molecular complexity index is 793. The number of carbonyl (C=O) groups excluding carboxylic acids is 1. The van der Waals surface area contributed by atoms with Crippen molar-refractivity contribution in [2.75, 3.05) is 27.9 Å². The fourth-order valence-corrected chi connectivity index (χ4v) is 2.48. The Morgan fingerprint density at radius 2 is 1.57 bits per heavy atom. The van der Waals surface area contributed by atoms with E-state index in [0.717, 1.165) is 6.42 Å². The van der Waals surface area contributed by atoms with Gasteiger partial charge in [0.25, 0.3) is 5.91 Å². The molecule has 0 fully saturated rings. The summed E-state index contributed by atoms with van der Waals surface area (Å²) >= 11 is 0. The van der Waals surface area contributed by atoms with Crippen LogP contribution >= 0.6 is 0 Å². The molecule has 2 N–H and O–H groups in total. The van der Waals surface area contributed by atoms with Crippen LogP contribution in [-0.4, -0.2) is 33.8 Å². The molecule has 2 rings (SSSR count). The van der Waals surface area contributed by atoms with Crippen molar-refractivity contribution in [3.63, 3.8) is 0 Å². The quantitative estimate of drug-likeness (QED) is 0.612. The van der Waals surface area contributed by atoms with E-state index in [1.165, 1.54) is 26.9 Å². The highest BCUT2D eigenvalue weighted by atomic mass is 16.5. The second kappa shape index (κ2) is 10.1. The summed E-state index contributed by atoms with van der Waals surface area (Å²) in [6.45, 7) is 5.88. The average Bonchev–Trinajstić information content (AvgIpc) is 2.74. The maximum atomic E-state index is 12.0. The number of aryl methyl sites for hydroxylation is 1. The maximum Gasteiger partial charge on any atom is 0.276 e. The summed E-state index contributed by atoms with van der Waals surface area (Å²) in [6.07, 6.45) is 0.952. The number of nitrogens with one attached hydrogen (secondary N) is 2. The van der Waals surface area contributed by atoms with Crippen molar-refractivity contribution in [2.45, 2.75) is 13.3 Å². The van der Waals surface area contributed by atoms with Gasteiger partial charge in [0.1, 0.15) is 5.75 Å². The fraction of sp³-hybridized carbons (Fsp3) is 0.286. The Morgan fingerprint density at radius 3 is 2.07 bits per heavy atom. The summed E-state index contributed by atoms with van der Waals surface area (Å²) in [4.78, 5) is 12.0. The van der Waals surface area contributed by atoms with Crippen molar-refractivity contribution in [3.05, 3.63) is 54.1 Å². The molecule has 2 aromatic rings. The minimum Gasteiger partial charge on any atom is -0.493 e. The molecule has 7 nitrogen and oxygen atoms in total. The van der Waals surface area contributed by atoms with E-state index < -0.39 is 0 Å². The molecule has 7 heteroatoms. The lowest BCUT2D eigenvalue weighted by Crippen LogP contribution is -2.39. The second-order valence-corrected chi connectivity index (χ2v) is 5.85. The molecule has 150 valence electrons. The molecule has 0 radical (unpaired) electrons. The first kappa shape index (κ1) is 21.0. The predicted octanol–water partition coefficient (Wildman–Crippen LogP) is 2.95. The Hall–Kier alpha value is -3.35. The largest absolute Gasteiger partial charge is 0.493 e. The van der Waals surface area contributed by atoms with Crippen LogP contribution in [0, 0.1) is 0 Å². The molecule has 0 aliphatic carbocycles. The number of amides is 1. The molecular weight excluding hydrogens is 360 g/mol. The van der Waals surface area contributed by atoms with Crippen LogP contribution in [0.25, 0.3) is 5.70 Å². The lowest BCUT2D eigenvalue weighted by molar-refractivity contribution is -0.123. The first-order valence-electron chi connectivity index (χ1n) is 8.78. The van der Waals surface area contributed by atoms with Crippen molar-refractivity contribution < 1.29 is 23.7 Å². The van der Waals surface area contributed by atoms with Gasteiger partial charge >= 0.3 is 0 Å². The number of hydrogen-bond acceptors (Lipinski definition) is 6. The maximum absolute atomic E-state index is 12.0. The Morgan fingerprint density at radius 1 is 0.964 bits per heavy atom. The zero-order valence-corrected chi connectivity index (χ0v) is 16.6. The highest BCUT2D eigenvalue weighted by Gasteiger charge is 2.15.